The van der Waals surface area contributed by atoms with Crippen LogP contribution in [0.2, 0.25) is 0 Å². The average Bonchev–Trinajstić information content (AvgIpc) is 2.46. The molecule has 0 amide bonds. The lowest BCUT2D eigenvalue weighted by Gasteiger charge is -2.37. The smallest absolute Gasteiger partial charge is 0.309 e. The van der Waals surface area contributed by atoms with Crippen molar-refractivity contribution in [2.75, 3.05) is 5.32 Å². The fraction of sp³-hybridized carbons (Fsp3) is 0.667. The standard InChI is InChI=1S/C18H30BNO2/c1-17(2,21)18(3,4)22-19-14-10-12-16(13-11-14)20-15-8-6-5-7-9-15/h10-13,15,19-21H,5-9H2,1-4H3. The van der Waals surface area contributed by atoms with Gasteiger partial charge in [-0.3, -0.25) is 0 Å². The largest absolute Gasteiger partial charge is 0.427 e. The van der Waals surface area contributed by atoms with E-state index >= 15 is 0 Å². The summed E-state index contributed by atoms with van der Waals surface area (Å²) in [6.07, 6.45) is 6.63. The van der Waals surface area contributed by atoms with Crippen LogP contribution < -0.4 is 10.8 Å². The molecule has 1 aromatic carbocycles. The zero-order valence-electron chi connectivity index (χ0n) is 14.5. The van der Waals surface area contributed by atoms with Crippen molar-refractivity contribution < 1.29 is 9.76 Å². The highest BCUT2D eigenvalue weighted by Gasteiger charge is 2.35. The van der Waals surface area contributed by atoms with Crippen LogP contribution >= 0.6 is 0 Å². The van der Waals surface area contributed by atoms with Crippen LogP contribution in [0.1, 0.15) is 59.8 Å². The number of anilines is 1. The first-order chi connectivity index (χ1) is 10.3. The maximum absolute atomic E-state index is 10.1. The maximum Gasteiger partial charge on any atom is 0.309 e. The number of aliphatic hydroxyl groups is 1. The predicted octanol–water partition coefficient (Wildman–Crippen LogP) is 2.97. The highest BCUT2D eigenvalue weighted by molar-refractivity contribution is 6.47. The molecule has 0 aromatic heterocycles. The molecule has 1 aliphatic rings. The molecule has 4 heteroatoms. The Bertz CT molecular complexity index is 459. The van der Waals surface area contributed by atoms with E-state index in [4.69, 9.17) is 4.65 Å². The number of benzene rings is 1. The molecular weight excluding hydrogens is 273 g/mol. The average molecular weight is 303 g/mol. The summed E-state index contributed by atoms with van der Waals surface area (Å²) in [5.41, 5.74) is 0.880. The van der Waals surface area contributed by atoms with Crippen LogP contribution in [0.3, 0.4) is 0 Å². The summed E-state index contributed by atoms with van der Waals surface area (Å²) in [7, 11) is 0.515. The Kier molecular flexibility index (Phi) is 5.57. The third-order valence-electron chi connectivity index (χ3n) is 5.00. The van der Waals surface area contributed by atoms with Crippen molar-refractivity contribution in [3.8, 4) is 0 Å². The second-order valence-electron chi connectivity index (χ2n) is 7.53. The van der Waals surface area contributed by atoms with E-state index in [-0.39, 0.29) is 0 Å². The summed E-state index contributed by atoms with van der Waals surface area (Å²) in [5.74, 6) is 0. The highest BCUT2D eigenvalue weighted by Crippen LogP contribution is 2.24. The molecular formula is C18H30BNO2. The molecule has 0 spiro atoms. The highest BCUT2D eigenvalue weighted by atomic mass is 16.5. The van der Waals surface area contributed by atoms with Crippen LogP contribution in [-0.4, -0.2) is 29.8 Å². The Morgan fingerprint density at radius 1 is 1.05 bits per heavy atom. The lowest BCUT2D eigenvalue weighted by Crippen LogP contribution is -2.49. The van der Waals surface area contributed by atoms with Gasteiger partial charge in [0, 0.05) is 11.7 Å². The van der Waals surface area contributed by atoms with E-state index in [1.54, 1.807) is 13.8 Å². The second-order valence-corrected chi connectivity index (χ2v) is 7.53. The number of nitrogens with one attached hydrogen (secondary N) is 1. The first kappa shape index (κ1) is 17.4. The normalized spacial score (nSPS) is 17.3. The van der Waals surface area contributed by atoms with Crippen molar-refractivity contribution in [1.29, 1.82) is 0 Å². The summed E-state index contributed by atoms with van der Waals surface area (Å²) < 4.78 is 5.90. The monoisotopic (exact) mass is 303 g/mol. The van der Waals surface area contributed by atoms with Crippen molar-refractivity contribution >= 4 is 18.6 Å². The van der Waals surface area contributed by atoms with Gasteiger partial charge in [0.15, 0.2) is 0 Å². The van der Waals surface area contributed by atoms with E-state index in [1.165, 1.54) is 37.8 Å². The molecule has 0 aliphatic heterocycles. The van der Waals surface area contributed by atoms with Crippen LogP contribution in [0.25, 0.3) is 0 Å². The van der Waals surface area contributed by atoms with Gasteiger partial charge in [-0.1, -0.05) is 36.9 Å². The first-order valence-corrected chi connectivity index (χ1v) is 8.50. The molecule has 2 rings (SSSR count). The van der Waals surface area contributed by atoms with Gasteiger partial charge in [-0.15, -0.1) is 0 Å². The Morgan fingerprint density at radius 3 is 2.18 bits per heavy atom. The van der Waals surface area contributed by atoms with Gasteiger partial charge in [-0.2, -0.15) is 0 Å². The molecule has 122 valence electrons. The van der Waals surface area contributed by atoms with Gasteiger partial charge in [-0.05, 0) is 52.7 Å². The minimum Gasteiger partial charge on any atom is -0.427 e. The molecule has 0 radical (unpaired) electrons. The maximum atomic E-state index is 10.1. The lowest BCUT2D eigenvalue weighted by atomic mass is 9.82. The van der Waals surface area contributed by atoms with Crippen molar-refractivity contribution in [2.45, 2.75) is 77.0 Å². The van der Waals surface area contributed by atoms with Gasteiger partial charge in [0.2, 0.25) is 0 Å². The van der Waals surface area contributed by atoms with E-state index in [9.17, 15) is 5.11 Å². The van der Waals surface area contributed by atoms with Crippen LogP contribution in [0.5, 0.6) is 0 Å². The zero-order chi connectivity index (χ0) is 16.2. The molecule has 0 unspecified atom stereocenters. The fourth-order valence-corrected chi connectivity index (χ4v) is 2.62. The van der Waals surface area contributed by atoms with Gasteiger partial charge in [-0.25, -0.2) is 0 Å². The van der Waals surface area contributed by atoms with Crippen molar-refractivity contribution in [3.05, 3.63) is 24.3 Å². The molecule has 1 fully saturated rings. The summed E-state index contributed by atoms with van der Waals surface area (Å²) in [4.78, 5) is 0. The molecule has 1 saturated carbocycles. The van der Waals surface area contributed by atoms with Crippen LogP contribution in [0, 0.1) is 0 Å². The Balaban J connectivity index is 1.86. The van der Waals surface area contributed by atoms with Gasteiger partial charge in [0.1, 0.15) is 0 Å². The SMILES string of the molecule is CC(C)(O)C(C)(C)OBc1ccc(NC2CCCCC2)cc1. The summed E-state index contributed by atoms with van der Waals surface area (Å²) in [6.45, 7) is 7.41. The molecule has 0 heterocycles. The van der Waals surface area contributed by atoms with Crippen molar-refractivity contribution in [2.24, 2.45) is 0 Å². The van der Waals surface area contributed by atoms with Crippen LogP contribution in [-0.2, 0) is 4.65 Å². The Labute approximate surface area is 135 Å². The molecule has 1 aromatic rings. The van der Waals surface area contributed by atoms with Crippen LogP contribution in [0.15, 0.2) is 24.3 Å². The van der Waals surface area contributed by atoms with Crippen LogP contribution in [0.4, 0.5) is 5.69 Å². The van der Waals surface area contributed by atoms with E-state index in [1.807, 2.05) is 13.8 Å². The minimum atomic E-state index is -0.866. The summed E-state index contributed by atoms with van der Waals surface area (Å²) >= 11 is 0. The zero-order valence-corrected chi connectivity index (χ0v) is 14.5. The second kappa shape index (κ2) is 7.05. The topological polar surface area (TPSA) is 41.5 Å². The van der Waals surface area contributed by atoms with Gasteiger partial charge < -0.3 is 15.1 Å². The first-order valence-electron chi connectivity index (χ1n) is 8.50. The van der Waals surface area contributed by atoms with E-state index in [0.29, 0.717) is 13.5 Å². The van der Waals surface area contributed by atoms with E-state index in [2.05, 4.69) is 29.6 Å². The van der Waals surface area contributed by atoms with Crippen molar-refractivity contribution in [3.63, 3.8) is 0 Å². The third kappa shape index (κ3) is 4.75. The lowest BCUT2D eigenvalue weighted by molar-refractivity contribution is -0.0893. The molecule has 1 aliphatic carbocycles. The Morgan fingerprint density at radius 2 is 1.64 bits per heavy atom. The third-order valence-corrected chi connectivity index (χ3v) is 5.00. The fourth-order valence-electron chi connectivity index (χ4n) is 2.62. The van der Waals surface area contributed by atoms with E-state index in [0.717, 1.165) is 5.46 Å². The van der Waals surface area contributed by atoms with Gasteiger partial charge in [0.05, 0.1) is 11.2 Å². The summed E-state index contributed by atoms with van der Waals surface area (Å²) in [5, 5.41) is 13.7. The Hall–Kier alpha value is -0.995. The molecule has 2 N–H and O–H groups in total. The quantitative estimate of drug-likeness (QED) is 0.794. The van der Waals surface area contributed by atoms with Gasteiger partial charge >= 0.3 is 7.48 Å². The minimum absolute atomic E-state index is 0.515. The molecule has 0 bridgehead atoms. The predicted molar refractivity (Wildman–Crippen MR) is 95.2 cm³/mol. The molecule has 22 heavy (non-hydrogen) atoms. The van der Waals surface area contributed by atoms with E-state index < -0.39 is 11.2 Å². The van der Waals surface area contributed by atoms with Crippen molar-refractivity contribution in [1.82, 2.24) is 0 Å². The number of rotatable bonds is 6. The number of hydrogen-bond donors (Lipinski definition) is 2. The summed E-state index contributed by atoms with van der Waals surface area (Å²) in [6, 6.07) is 9.09. The van der Waals surface area contributed by atoms with Gasteiger partial charge in [0.25, 0.3) is 0 Å². The molecule has 0 atom stereocenters. The molecule has 0 saturated heterocycles. The number of hydrogen-bond acceptors (Lipinski definition) is 3. The molecule has 3 nitrogen and oxygen atoms in total.